The van der Waals surface area contributed by atoms with Crippen LogP contribution in [0.2, 0.25) is 0 Å². The van der Waals surface area contributed by atoms with Crippen LogP contribution in [0, 0.1) is 0 Å². The van der Waals surface area contributed by atoms with Crippen LogP contribution in [0.4, 0.5) is 4.79 Å². The number of hydrazine groups is 1. The molecule has 0 atom stereocenters. The van der Waals surface area contributed by atoms with E-state index in [4.69, 9.17) is 5.84 Å². The fourth-order valence-electron chi connectivity index (χ4n) is 3.25. The molecule has 6 nitrogen and oxygen atoms in total. The van der Waals surface area contributed by atoms with Crippen molar-refractivity contribution in [3.8, 4) is 11.1 Å². The Bertz CT molecular complexity index is 730. The molecule has 0 spiro atoms. The van der Waals surface area contributed by atoms with Gasteiger partial charge in [-0.3, -0.25) is 10.2 Å². The highest BCUT2D eigenvalue weighted by atomic mass is 16.4. The molecule has 0 saturated heterocycles. The van der Waals surface area contributed by atoms with E-state index in [2.05, 4.69) is 12.1 Å². The molecule has 1 aliphatic rings. The highest BCUT2D eigenvalue weighted by Crippen LogP contribution is 2.44. The number of hydrogen-bond acceptors (Lipinski definition) is 3. The molecule has 0 saturated carbocycles. The highest BCUT2D eigenvalue weighted by Gasteiger charge is 2.30. The molecule has 0 fully saturated rings. The number of carbonyl (C=O) groups is 2. The van der Waals surface area contributed by atoms with Gasteiger partial charge in [-0.2, -0.15) is 0 Å². The van der Waals surface area contributed by atoms with Crippen LogP contribution in [0.1, 0.15) is 23.5 Å². The van der Waals surface area contributed by atoms with Gasteiger partial charge in [0.25, 0.3) is 0 Å². The van der Waals surface area contributed by atoms with E-state index in [1.165, 1.54) is 4.90 Å². The van der Waals surface area contributed by atoms with E-state index in [1.54, 1.807) is 0 Å². The van der Waals surface area contributed by atoms with Crippen molar-refractivity contribution in [2.24, 2.45) is 5.84 Å². The van der Waals surface area contributed by atoms with E-state index >= 15 is 0 Å². The second-order valence-corrected chi connectivity index (χ2v) is 5.77. The quantitative estimate of drug-likeness (QED) is 0.446. The summed E-state index contributed by atoms with van der Waals surface area (Å²) in [5, 5.41) is 9.48. The summed E-state index contributed by atoms with van der Waals surface area (Å²) in [4.78, 5) is 24.2. The normalized spacial score (nSPS) is 12.4. The predicted molar refractivity (Wildman–Crippen MR) is 90.3 cm³/mol. The third kappa shape index (κ3) is 2.96. The number of carboxylic acid groups (broad SMARTS) is 1. The van der Waals surface area contributed by atoms with E-state index in [9.17, 15) is 14.7 Å². The van der Waals surface area contributed by atoms with Crippen LogP contribution in [-0.2, 0) is 4.79 Å². The molecule has 2 aromatic carbocycles. The maximum absolute atomic E-state index is 11.6. The molecule has 0 bridgehead atoms. The number of hydrogen-bond donors (Lipinski definition) is 3. The van der Waals surface area contributed by atoms with Gasteiger partial charge in [-0.25, -0.2) is 10.6 Å². The fourth-order valence-corrected chi connectivity index (χ4v) is 3.25. The first kappa shape index (κ1) is 16.0. The third-order valence-electron chi connectivity index (χ3n) is 4.41. The van der Waals surface area contributed by atoms with Gasteiger partial charge in [0.05, 0.1) is 0 Å². The van der Waals surface area contributed by atoms with Gasteiger partial charge in [0, 0.05) is 25.4 Å². The molecule has 0 unspecified atom stereocenters. The first-order valence-electron chi connectivity index (χ1n) is 7.77. The average Bonchev–Trinajstić information content (AvgIpc) is 2.92. The molecule has 1 aliphatic carbocycles. The first-order valence-corrected chi connectivity index (χ1v) is 7.77. The SMILES string of the molecule is NNC(=O)CCN(CC1c2ccccc2-c2ccccc21)C(=O)O. The summed E-state index contributed by atoms with van der Waals surface area (Å²) in [7, 11) is 0. The standard InChI is InChI=1S/C18H19N3O3/c19-20-17(22)9-10-21(18(23)24)11-16-14-7-3-1-5-12(14)13-6-2-4-8-15(13)16/h1-8,16H,9-11,19H2,(H,20,22)(H,23,24). The summed E-state index contributed by atoms with van der Waals surface area (Å²) in [6.45, 7) is 0.417. The molecule has 4 N–H and O–H groups in total. The Kier molecular flexibility index (Phi) is 4.48. The summed E-state index contributed by atoms with van der Waals surface area (Å²) in [6.07, 6.45) is -1.000. The lowest BCUT2D eigenvalue weighted by Crippen LogP contribution is -2.38. The Morgan fingerprint density at radius 1 is 1.04 bits per heavy atom. The van der Waals surface area contributed by atoms with Crippen molar-refractivity contribution in [3.05, 3.63) is 59.7 Å². The van der Waals surface area contributed by atoms with Crippen LogP contribution in [0.15, 0.2) is 48.5 Å². The second kappa shape index (κ2) is 6.72. The minimum Gasteiger partial charge on any atom is -0.465 e. The van der Waals surface area contributed by atoms with Crippen molar-refractivity contribution in [1.29, 1.82) is 0 Å². The van der Waals surface area contributed by atoms with Crippen LogP contribution in [0.25, 0.3) is 11.1 Å². The second-order valence-electron chi connectivity index (χ2n) is 5.77. The highest BCUT2D eigenvalue weighted by molar-refractivity contribution is 5.79. The maximum Gasteiger partial charge on any atom is 0.407 e. The van der Waals surface area contributed by atoms with Crippen LogP contribution >= 0.6 is 0 Å². The number of nitrogens with one attached hydrogen (secondary N) is 1. The predicted octanol–water partition coefficient (Wildman–Crippen LogP) is 2.16. The van der Waals surface area contributed by atoms with E-state index in [0.717, 1.165) is 22.3 Å². The molecule has 124 valence electrons. The summed E-state index contributed by atoms with van der Waals surface area (Å²) in [5.74, 6) is 4.64. The zero-order chi connectivity index (χ0) is 17.1. The molecule has 2 aromatic rings. The summed E-state index contributed by atoms with van der Waals surface area (Å²) < 4.78 is 0. The smallest absolute Gasteiger partial charge is 0.407 e. The topological polar surface area (TPSA) is 95.7 Å². The molecule has 24 heavy (non-hydrogen) atoms. The molecule has 0 aromatic heterocycles. The molecule has 0 radical (unpaired) electrons. The lowest BCUT2D eigenvalue weighted by Gasteiger charge is -2.24. The molecule has 0 heterocycles. The van der Waals surface area contributed by atoms with E-state index in [-0.39, 0.29) is 24.8 Å². The zero-order valence-electron chi connectivity index (χ0n) is 13.1. The number of amides is 2. The molecule has 0 aliphatic heterocycles. The van der Waals surface area contributed by atoms with Gasteiger partial charge in [-0.15, -0.1) is 0 Å². The minimum absolute atomic E-state index is 0.0329. The lowest BCUT2D eigenvalue weighted by molar-refractivity contribution is -0.121. The lowest BCUT2D eigenvalue weighted by atomic mass is 9.96. The molecule has 2 amide bonds. The van der Waals surface area contributed by atoms with Gasteiger partial charge in [0.15, 0.2) is 0 Å². The number of nitrogens with two attached hydrogens (primary N) is 1. The van der Waals surface area contributed by atoms with Crippen molar-refractivity contribution in [3.63, 3.8) is 0 Å². The maximum atomic E-state index is 11.6. The number of rotatable bonds is 5. The van der Waals surface area contributed by atoms with Crippen LogP contribution in [0.5, 0.6) is 0 Å². The molecule has 3 rings (SSSR count). The largest absolute Gasteiger partial charge is 0.465 e. The fraction of sp³-hybridized carbons (Fsp3) is 0.222. The Balaban J connectivity index is 1.88. The van der Waals surface area contributed by atoms with E-state index in [0.29, 0.717) is 6.54 Å². The van der Waals surface area contributed by atoms with Gasteiger partial charge in [0.1, 0.15) is 0 Å². The zero-order valence-corrected chi connectivity index (χ0v) is 13.1. The van der Waals surface area contributed by atoms with Crippen molar-refractivity contribution < 1.29 is 14.7 Å². The summed E-state index contributed by atoms with van der Waals surface area (Å²) in [6, 6.07) is 16.1. The van der Waals surface area contributed by atoms with Crippen molar-refractivity contribution in [1.82, 2.24) is 10.3 Å². The van der Waals surface area contributed by atoms with Gasteiger partial charge in [0.2, 0.25) is 5.91 Å². The van der Waals surface area contributed by atoms with Crippen LogP contribution in [0.3, 0.4) is 0 Å². The molecular formula is C18H19N3O3. The third-order valence-corrected chi connectivity index (χ3v) is 4.41. The number of fused-ring (bicyclic) bond motifs is 3. The van der Waals surface area contributed by atoms with Gasteiger partial charge in [-0.05, 0) is 22.3 Å². The number of carbonyl (C=O) groups excluding carboxylic acids is 1. The van der Waals surface area contributed by atoms with E-state index in [1.807, 2.05) is 41.8 Å². The van der Waals surface area contributed by atoms with Crippen molar-refractivity contribution >= 4 is 12.0 Å². The molecular weight excluding hydrogens is 306 g/mol. The monoisotopic (exact) mass is 325 g/mol. The summed E-state index contributed by atoms with van der Waals surface area (Å²) in [5.41, 5.74) is 6.55. The van der Waals surface area contributed by atoms with Crippen LogP contribution < -0.4 is 11.3 Å². The minimum atomic E-state index is -1.04. The van der Waals surface area contributed by atoms with Crippen molar-refractivity contribution in [2.45, 2.75) is 12.3 Å². The average molecular weight is 325 g/mol. The first-order chi connectivity index (χ1) is 11.6. The van der Waals surface area contributed by atoms with E-state index < -0.39 is 6.09 Å². The number of benzene rings is 2. The Labute approximate surface area is 139 Å². The van der Waals surface area contributed by atoms with Gasteiger partial charge in [-0.1, -0.05) is 48.5 Å². The number of nitrogens with zero attached hydrogens (tertiary/aromatic N) is 1. The van der Waals surface area contributed by atoms with Gasteiger partial charge < -0.3 is 10.0 Å². The summed E-state index contributed by atoms with van der Waals surface area (Å²) >= 11 is 0. The molecule has 6 heteroatoms. The Morgan fingerprint density at radius 3 is 2.08 bits per heavy atom. The van der Waals surface area contributed by atoms with Crippen molar-refractivity contribution in [2.75, 3.05) is 13.1 Å². The Morgan fingerprint density at radius 2 is 1.58 bits per heavy atom. The Hall–Kier alpha value is -2.86. The van der Waals surface area contributed by atoms with Crippen LogP contribution in [-0.4, -0.2) is 35.1 Å². The van der Waals surface area contributed by atoms with Gasteiger partial charge >= 0.3 is 6.09 Å².